The summed E-state index contributed by atoms with van der Waals surface area (Å²) in [7, 11) is 0. The maximum absolute atomic E-state index is 13.4. The molecule has 0 radical (unpaired) electrons. The second kappa shape index (κ2) is 11.7. The van der Waals surface area contributed by atoms with Gasteiger partial charge in [-0.25, -0.2) is 9.59 Å². The number of nitrogens with zero attached hydrogens (tertiary/aromatic N) is 3. The van der Waals surface area contributed by atoms with Gasteiger partial charge in [-0.05, 0) is 48.7 Å². The molecule has 3 amide bonds. The molecule has 1 atom stereocenters. The highest BCUT2D eigenvalue weighted by molar-refractivity contribution is 6.02. The lowest BCUT2D eigenvalue weighted by atomic mass is 10.2. The lowest BCUT2D eigenvalue weighted by Gasteiger charge is -2.29. The van der Waals surface area contributed by atoms with Crippen molar-refractivity contribution >= 4 is 34.8 Å². The fourth-order valence-corrected chi connectivity index (χ4v) is 4.69. The highest BCUT2D eigenvalue weighted by Crippen LogP contribution is 2.29. The molecule has 9 nitrogen and oxygen atoms in total. The van der Waals surface area contributed by atoms with Gasteiger partial charge in [0.25, 0.3) is 5.91 Å². The summed E-state index contributed by atoms with van der Waals surface area (Å²) < 4.78 is 46.6. The number of carbonyl (C=O) groups excluding carboxylic acids is 3. The maximum atomic E-state index is 13.4. The molecular formula is C29H25F3N4O5. The number of likely N-dealkylation sites (tertiary alicyclic amines) is 1. The zero-order valence-corrected chi connectivity index (χ0v) is 21.6. The van der Waals surface area contributed by atoms with Gasteiger partial charge in [0.1, 0.15) is 18.3 Å². The van der Waals surface area contributed by atoms with Gasteiger partial charge in [0.2, 0.25) is 0 Å². The van der Waals surface area contributed by atoms with Crippen LogP contribution in [0.2, 0.25) is 0 Å². The highest BCUT2D eigenvalue weighted by atomic mass is 19.4. The van der Waals surface area contributed by atoms with Crippen LogP contribution in [0.25, 0.3) is 5.52 Å². The number of rotatable bonds is 7. The van der Waals surface area contributed by atoms with Crippen molar-refractivity contribution in [2.45, 2.75) is 31.9 Å². The third kappa shape index (κ3) is 6.33. The Morgan fingerprint density at radius 1 is 0.951 bits per heavy atom. The van der Waals surface area contributed by atoms with Crippen LogP contribution in [0.15, 0.2) is 91.1 Å². The quantitative estimate of drug-likeness (QED) is 0.226. The number of halogens is 3. The molecule has 0 saturated carbocycles. The zero-order valence-electron chi connectivity index (χ0n) is 21.6. The van der Waals surface area contributed by atoms with E-state index in [-0.39, 0.29) is 41.7 Å². The number of aromatic nitrogens is 1. The van der Waals surface area contributed by atoms with Crippen molar-refractivity contribution in [2.75, 3.05) is 16.9 Å². The zero-order chi connectivity index (χ0) is 29.0. The summed E-state index contributed by atoms with van der Waals surface area (Å²) in [6.45, 7) is 0.186. The van der Waals surface area contributed by atoms with E-state index < -0.39 is 30.3 Å². The van der Waals surface area contributed by atoms with Crippen molar-refractivity contribution in [2.24, 2.45) is 0 Å². The first kappa shape index (κ1) is 27.7. The van der Waals surface area contributed by atoms with Crippen molar-refractivity contribution in [3.8, 4) is 0 Å². The van der Waals surface area contributed by atoms with Gasteiger partial charge in [0.05, 0.1) is 16.9 Å². The molecule has 2 aromatic heterocycles. The topological polar surface area (TPSA) is 92.6 Å². The standard InChI is InChI=1S/C29H25F3N4O5/c30-29(31,32)41-36(21-12-5-2-6-13-21)26(37)24-15-9-17-35(24)28(39)33-22-18-25(34-16-8-7-14-23(22)34)27(38)40-19-20-10-3-1-4-11-20/h1-8,10-14,16,18,24H,9,15,17,19H2,(H,33,39). The highest BCUT2D eigenvalue weighted by Gasteiger charge is 2.42. The number of alkyl halides is 3. The average molecular weight is 567 g/mol. The molecule has 1 aliphatic rings. The molecule has 5 rings (SSSR count). The summed E-state index contributed by atoms with van der Waals surface area (Å²) >= 11 is 0. The van der Waals surface area contributed by atoms with Crippen molar-refractivity contribution in [3.63, 3.8) is 0 Å². The van der Waals surface area contributed by atoms with E-state index in [0.29, 0.717) is 11.9 Å². The smallest absolute Gasteiger partial charge is 0.456 e. The predicted molar refractivity (Wildman–Crippen MR) is 143 cm³/mol. The number of esters is 1. The number of urea groups is 1. The first-order valence-electron chi connectivity index (χ1n) is 12.7. The van der Waals surface area contributed by atoms with Gasteiger partial charge in [-0.15, -0.1) is 13.2 Å². The Labute approximate surface area is 232 Å². The molecular weight excluding hydrogens is 541 g/mol. The van der Waals surface area contributed by atoms with E-state index in [1.54, 1.807) is 34.9 Å². The minimum absolute atomic E-state index is 0.0525. The van der Waals surface area contributed by atoms with Gasteiger partial charge >= 0.3 is 18.4 Å². The summed E-state index contributed by atoms with van der Waals surface area (Å²) in [6, 6.07) is 20.9. The average Bonchev–Trinajstić information content (AvgIpc) is 3.61. The lowest BCUT2D eigenvalue weighted by molar-refractivity contribution is -0.327. The largest absolute Gasteiger partial charge is 0.544 e. The van der Waals surface area contributed by atoms with Crippen LogP contribution < -0.4 is 10.4 Å². The summed E-state index contributed by atoms with van der Waals surface area (Å²) in [5.41, 5.74) is 1.60. The van der Waals surface area contributed by atoms with Gasteiger partial charge in [-0.1, -0.05) is 54.6 Å². The van der Waals surface area contributed by atoms with Gasteiger partial charge in [-0.2, -0.15) is 9.90 Å². The Kier molecular flexibility index (Phi) is 7.92. The Bertz CT molecular complexity index is 1540. The van der Waals surface area contributed by atoms with Crippen LogP contribution in [-0.2, 0) is 21.0 Å². The number of hydrogen-bond acceptors (Lipinski definition) is 5. The number of amides is 3. The van der Waals surface area contributed by atoms with Crippen LogP contribution in [0.5, 0.6) is 0 Å². The number of para-hydroxylation sites is 1. The molecule has 0 spiro atoms. The molecule has 12 heteroatoms. The molecule has 1 saturated heterocycles. The second-order valence-corrected chi connectivity index (χ2v) is 9.25. The van der Waals surface area contributed by atoms with E-state index in [1.807, 2.05) is 30.3 Å². The number of nitrogens with one attached hydrogen (secondary N) is 1. The van der Waals surface area contributed by atoms with Crippen molar-refractivity contribution < 1.29 is 37.1 Å². The number of hydroxylamine groups is 1. The van der Waals surface area contributed by atoms with Crippen LogP contribution in [0, 0.1) is 0 Å². The molecule has 1 N–H and O–H groups in total. The third-order valence-electron chi connectivity index (χ3n) is 6.52. The van der Waals surface area contributed by atoms with Crippen molar-refractivity contribution in [3.05, 3.63) is 102 Å². The maximum Gasteiger partial charge on any atom is 0.544 e. The van der Waals surface area contributed by atoms with Crippen LogP contribution in [0.4, 0.5) is 29.3 Å². The first-order valence-corrected chi connectivity index (χ1v) is 12.7. The SMILES string of the molecule is O=C(OCc1ccccc1)c1cc(NC(=O)N2CCCC2C(=O)N(OC(F)(F)F)c2ccccc2)c2ccccn12. The molecule has 212 valence electrons. The minimum atomic E-state index is -5.13. The van der Waals surface area contributed by atoms with Crippen LogP contribution in [-0.4, -0.2) is 46.2 Å². The second-order valence-electron chi connectivity index (χ2n) is 9.25. The molecule has 4 aromatic rings. The van der Waals surface area contributed by atoms with Crippen LogP contribution in [0.3, 0.4) is 0 Å². The van der Waals surface area contributed by atoms with E-state index in [4.69, 9.17) is 4.74 Å². The van der Waals surface area contributed by atoms with E-state index in [9.17, 15) is 27.6 Å². The third-order valence-corrected chi connectivity index (χ3v) is 6.52. The lowest BCUT2D eigenvalue weighted by Crippen LogP contribution is -2.50. The molecule has 3 heterocycles. The summed E-state index contributed by atoms with van der Waals surface area (Å²) in [4.78, 5) is 44.8. The Balaban J connectivity index is 1.35. The van der Waals surface area contributed by atoms with E-state index in [1.165, 1.54) is 30.3 Å². The Morgan fingerprint density at radius 2 is 1.63 bits per heavy atom. The van der Waals surface area contributed by atoms with Gasteiger partial charge in [0.15, 0.2) is 0 Å². The van der Waals surface area contributed by atoms with Crippen LogP contribution >= 0.6 is 0 Å². The van der Waals surface area contributed by atoms with E-state index in [2.05, 4.69) is 10.2 Å². The van der Waals surface area contributed by atoms with Crippen LogP contribution in [0.1, 0.15) is 28.9 Å². The molecule has 0 bridgehead atoms. The number of benzene rings is 2. The van der Waals surface area contributed by atoms with Crippen molar-refractivity contribution in [1.29, 1.82) is 0 Å². The molecule has 1 unspecified atom stereocenters. The summed E-state index contributed by atoms with van der Waals surface area (Å²) in [5, 5.41) is 2.88. The predicted octanol–water partition coefficient (Wildman–Crippen LogP) is 5.78. The fraction of sp³-hybridized carbons (Fsp3) is 0.207. The number of anilines is 2. The molecule has 1 fully saturated rings. The minimum Gasteiger partial charge on any atom is -0.456 e. The molecule has 0 aliphatic carbocycles. The number of carbonyl (C=O) groups is 3. The number of hydrogen-bond donors (Lipinski definition) is 1. The van der Waals surface area contributed by atoms with Gasteiger partial charge in [0, 0.05) is 12.7 Å². The van der Waals surface area contributed by atoms with E-state index >= 15 is 0 Å². The van der Waals surface area contributed by atoms with Crippen molar-refractivity contribution in [1.82, 2.24) is 9.30 Å². The molecule has 1 aliphatic heterocycles. The molecule has 41 heavy (non-hydrogen) atoms. The number of ether oxygens (including phenoxy) is 1. The number of pyridine rings is 1. The van der Waals surface area contributed by atoms with Gasteiger partial charge < -0.3 is 19.4 Å². The normalized spacial score (nSPS) is 15.1. The fourth-order valence-electron chi connectivity index (χ4n) is 4.69. The summed E-state index contributed by atoms with van der Waals surface area (Å²) in [5.74, 6) is -1.65. The van der Waals surface area contributed by atoms with Gasteiger partial charge in [-0.3, -0.25) is 4.79 Å². The number of fused-ring (bicyclic) bond motifs is 1. The molecule has 2 aromatic carbocycles. The first-order chi connectivity index (χ1) is 19.7. The monoisotopic (exact) mass is 566 g/mol. The Morgan fingerprint density at radius 3 is 2.34 bits per heavy atom. The van der Waals surface area contributed by atoms with E-state index in [0.717, 1.165) is 10.5 Å². The summed E-state index contributed by atoms with van der Waals surface area (Å²) in [6.07, 6.45) is -2.96. The Hall–Kier alpha value is -4.84.